The fraction of sp³-hybridized carbons (Fsp3) is 0.0833. The topological polar surface area (TPSA) is 50.9 Å². The van der Waals surface area contributed by atoms with Gasteiger partial charge in [0.1, 0.15) is 0 Å². The van der Waals surface area contributed by atoms with Crippen LogP contribution in [0.1, 0.15) is 5.56 Å². The van der Waals surface area contributed by atoms with Gasteiger partial charge in [-0.15, -0.1) is 0 Å². The largest absolute Gasteiger partial charge is 0.338 e. The third kappa shape index (κ3) is 2.93. The van der Waals surface area contributed by atoms with Crippen LogP contribution < -0.4 is 11.1 Å². The van der Waals surface area contributed by atoms with E-state index < -0.39 is 5.82 Å². The van der Waals surface area contributed by atoms with Crippen molar-refractivity contribution in [2.75, 3.05) is 5.32 Å². The third-order valence-corrected chi connectivity index (χ3v) is 2.47. The number of nitrogens with two attached hydrogens (primary N) is 1. The SMILES string of the molecule is NCc1ccc(Nc2ncc(Cl)cc2F)cc1. The van der Waals surface area contributed by atoms with Crippen molar-refractivity contribution in [2.45, 2.75) is 6.54 Å². The van der Waals surface area contributed by atoms with Gasteiger partial charge >= 0.3 is 0 Å². The standard InChI is InChI=1S/C12H11ClFN3/c13-9-5-11(14)12(16-7-9)17-10-3-1-8(6-15)2-4-10/h1-5,7H,6,15H2,(H,16,17). The molecule has 0 saturated heterocycles. The number of aromatic nitrogens is 1. The number of benzene rings is 1. The number of halogens is 2. The van der Waals surface area contributed by atoms with Gasteiger partial charge in [-0.1, -0.05) is 23.7 Å². The number of anilines is 2. The van der Waals surface area contributed by atoms with E-state index in [9.17, 15) is 4.39 Å². The highest BCUT2D eigenvalue weighted by molar-refractivity contribution is 6.30. The quantitative estimate of drug-likeness (QED) is 0.881. The van der Waals surface area contributed by atoms with Gasteiger partial charge in [-0.25, -0.2) is 9.37 Å². The first-order valence-corrected chi connectivity index (χ1v) is 5.44. The van der Waals surface area contributed by atoms with E-state index >= 15 is 0 Å². The zero-order valence-electron chi connectivity index (χ0n) is 8.95. The summed E-state index contributed by atoms with van der Waals surface area (Å²) in [5.74, 6) is -0.338. The third-order valence-electron chi connectivity index (χ3n) is 2.26. The van der Waals surface area contributed by atoms with Crippen molar-refractivity contribution in [3.8, 4) is 0 Å². The number of nitrogens with zero attached hydrogens (tertiary/aromatic N) is 1. The monoisotopic (exact) mass is 251 g/mol. The summed E-state index contributed by atoms with van der Waals surface area (Å²) in [7, 11) is 0. The maximum absolute atomic E-state index is 13.5. The predicted octanol–water partition coefficient (Wildman–Crippen LogP) is 3.08. The van der Waals surface area contributed by atoms with Gasteiger partial charge < -0.3 is 11.1 Å². The minimum absolute atomic E-state index is 0.148. The molecule has 0 aliphatic heterocycles. The molecular formula is C12H11ClFN3. The van der Waals surface area contributed by atoms with Gasteiger partial charge in [-0.2, -0.15) is 0 Å². The van der Waals surface area contributed by atoms with Crippen molar-refractivity contribution < 1.29 is 4.39 Å². The Morgan fingerprint density at radius 2 is 2.00 bits per heavy atom. The van der Waals surface area contributed by atoms with Gasteiger partial charge in [0.15, 0.2) is 11.6 Å². The first-order chi connectivity index (χ1) is 8.19. The molecule has 0 aliphatic rings. The Kier molecular flexibility index (Phi) is 3.56. The zero-order valence-corrected chi connectivity index (χ0v) is 9.71. The lowest BCUT2D eigenvalue weighted by Gasteiger charge is -2.07. The van der Waals surface area contributed by atoms with E-state index in [0.717, 1.165) is 11.3 Å². The maximum atomic E-state index is 13.5. The van der Waals surface area contributed by atoms with Crippen molar-refractivity contribution >= 4 is 23.1 Å². The highest BCUT2D eigenvalue weighted by Crippen LogP contribution is 2.20. The normalized spacial score (nSPS) is 10.3. The minimum Gasteiger partial charge on any atom is -0.338 e. The molecule has 5 heteroatoms. The van der Waals surface area contributed by atoms with Crippen LogP contribution in [0.3, 0.4) is 0 Å². The van der Waals surface area contributed by atoms with Crippen LogP contribution in [0.4, 0.5) is 15.9 Å². The zero-order chi connectivity index (χ0) is 12.3. The fourth-order valence-corrected chi connectivity index (χ4v) is 1.51. The summed E-state index contributed by atoms with van der Waals surface area (Å²) < 4.78 is 13.5. The van der Waals surface area contributed by atoms with E-state index in [-0.39, 0.29) is 10.8 Å². The number of rotatable bonds is 3. The molecule has 0 atom stereocenters. The smallest absolute Gasteiger partial charge is 0.167 e. The van der Waals surface area contributed by atoms with Gasteiger partial charge in [0.2, 0.25) is 0 Å². The molecule has 1 aromatic heterocycles. The molecule has 0 spiro atoms. The van der Waals surface area contributed by atoms with Crippen LogP contribution in [0.25, 0.3) is 0 Å². The van der Waals surface area contributed by atoms with Crippen molar-refractivity contribution in [2.24, 2.45) is 5.73 Å². The van der Waals surface area contributed by atoms with Gasteiger partial charge in [0.05, 0.1) is 5.02 Å². The first-order valence-electron chi connectivity index (χ1n) is 5.06. The second-order valence-corrected chi connectivity index (χ2v) is 3.95. The Morgan fingerprint density at radius 3 is 2.59 bits per heavy atom. The summed E-state index contributed by atoms with van der Waals surface area (Å²) in [4.78, 5) is 3.87. The van der Waals surface area contributed by atoms with Crippen molar-refractivity contribution in [1.29, 1.82) is 0 Å². The second kappa shape index (κ2) is 5.12. The van der Waals surface area contributed by atoms with Crippen molar-refractivity contribution in [3.63, 3.8) is 0 Å². The highest BCUT2D eigenvalue weighted by atomic mass is 35.5. The molecule has 0 unspecified atom stereocenters. The van der Waals surface area contributed by atoms with Crippen LogP contribution in [-0.2, 0) is 6.54 Å². The molecule has 2 rings (SSSR count). The van der Waals surface area contributed by atoms with Crippen LogP contribution >= 0.6 is 11.6 Å². The van der Waals surface area contributed by atoms with E-state index in [1.54, 1.807) is 0 Å². The Balaban J connectivity index is 2.19. The van der Waals surface area contributed by atoms with E-state index in [1.807, 2.05) is 24.3 Å². The van der Waals surface area contributed by atoms with Gasteiger partial charge in [0.25, 0.3) is 0 Å². The number of pyridine rings is 1. The van der Waals surface area contributed by atoms with E-state index in [4.69, 9.17) is 17.3 Å². The molecule has 88 valence electrons. The fourth-order valence-electron chi connectivity index (χ4n) is 1.37. The van der Waals surface area contributed by atoms with E-state index in [0.29, 0.717) is 6.54 Å². The van der Waals surface area contributed by atoms with Crippen LogP contribution in [-0.4, -0.2) is 4.98 Å². The summed E-state index contributed by atoms with van der Waals surface area (Å²) in [5.41, 5.74) is 7.25. The minimum atomic E-state index is -0.486. The van der Waals surface area contributed by atoms with Crippen molar-refractivity contribution in [1.82, 2.24) is 4.98 Å². The van der Waals surface area contributed by atoms with Gasteiger partial charge in [-0.05, 0) is 23.8 Å². The average molecular weight is 252 g/mol. The number of hydrogen-bond donors (Lipinski definition) is 2. The molecule has 17 heavy (non-hydrogen) atoms. The molecule has 0 saturated carbocycles. The Hall–Kier alpha value is -1.65. The average Bonchev–Trinajstić information content (AvgIpc) is 2.34. The van der Waals surface area contributed by atoms with E-state index in [2.05, 4.69) is 10.3 Å². The molecule has 2 aromatic rings. The Labute approximate surface area is 103 Å². The Bertz CT molecular complexity index is 514. The van der Waals surface area contributed by atoms with Crippen molar-refractivity contribution in [3.05, 3.63) is 52.9 Å². The summed E-state index contributed by atoms with van der Waals surface area (Å²) in [6.07, 6.45) is 1.39. The number of hydrogen-bond acceptors (Lipinski definition) is 3. The molecule has 1 heterocycles. The summed E-state index contributed by atoms with van der Waals surface area (Å²) in [6.45, 7) is 0.480. The maximum Gasteiger partial charge on any atom is 0.167 e. The molecule has 3 N–H and O–H groups in total. The lowest BCUT2D eigenvalue weighted by Crippen LogP contribution is -1.98. The molecule has 0 aliphatic carbocycles. The Morgan fingerprint density at radius 1 is 1.29 bits per heavy atom. The molecule has 0 radical (unpaired) electrons. The van der Waals surface area contributed by atoms with Crippen LogP contribution in [0.2, 0.25) is 5.02 Å². The van der Waals surface area contributed by atoms with E-state index in [1.165, 1.54) is 12.3 Å². The second-order valence-electron chi connectivity index (χ2n) is 3.51. The lowest BCUT2D eigenvalue weighted by atomic mass is 10.2. The van der Waals surface area contributed by atoms with Gasteiger partial charge in [0, 0.05) is 18.4 Å². The summed E-state index contributed by atoms with van der Waals surface area (Å²) in [5, 5.41) is 3.14. The molecule has 0 fully saturated rings. The molecular weight excluding hydrogens is 241 g/mol. The first kappa shape index (κ1) is 11.8. The predicted molar refractivity (Wildman–Crippen MR) is 66.8 cm³/mol. The molecule has 1 aromatic carbocycles. The lowest BCUT2D eigenvalue weighted by molar-refractivity contribution is 0.626. The summed E-state index contributed by atoms with van der Waals surface area (Å²) in [6, 6.07) is 8.59. The van der Waals surface area contributed by atoms with Crippen LogP contribution in [0.15, 0.2) is 36.5 Å². The molecule has 3 nitrogen and oxygen atoms in total. The van der Waals surface area contributed by atoms with Crippen LogP contribution in [0, 0.1) is 5.82 Å². The highest BCUT2D eigenvalue weighted by Gasteiger charge is 2.04. The molecule has 0 amide bonds. The molecule has 0 bridgehead atoms. The van der Waals surface area contributed by atoms with Gasteiger partial charge in [-0.3, -0.25) is 0 Å². The number of nitrogens with one attached hydrogen (secondary N) is 1. The summed E-state index contributed by atoms with van der Waals surface area (Å²) >= 11 is 5.62. The van der Waals surface area contributed by atoms with Crippen LogP contribution in [0.5, 0.6) is 0 Å².